The van der Waals surface area contributed by atoms with Crippen LogP contribution in [0.15, 0.2) is 6.20 Å². The summed E-state index contributed by atoms with van der Waals surface area (Å²) in [5.41, 5.74) is 0. The first-order chi connectivity index (χ1) is 5.11. The molecule has 1 heterocycles. The molecule has 0 aliphatic rings. The molecule has 0 spiro atoms. The Hall–Kier alpha value is -0.450. The number of hydrogen-bond acceptors (Lipinski definition) is 4. The molecular formula is C7H12N2OS. The first kappa shape index (κ1) is 8.64. The third-order valence-electron chi connectivity index (χ3n) is 1.38. The highest BCUT2D eigenvalue weighted by Gasteiger charge is 2.11. The molecular weight excluding hydrogens is 160 g/mol. The van der Waals surface area contributed by atoms with E-state index in [-0.39, 0.29) is 0 Å². The van der Waals surface area contributed by atoms with Gasteiger partial charge in [0.25, 0.3) is 0 Å². The predicted octanol–water partition coefficient (Wildman–Crippen LogP) is 1.00. The monoisotopic (exact) mass is 172 g/mol. The van der Waals surface area contributed by atoms with Gasteiger partial charge in [0.15, 0.2) is 0 Å². The summed E-state index contributed by atoms with van der Waals surface area (Å²) in [6, 6.07) is 0. The van der Waals surface area contributed by atoms with Gasteiger partial charge in [0.2, 0.25) is 0 Å². The van der Waals surface area contributed by atoms with Crippen LogP contribution >= 0.6 is 11.3 Å². The fourth-order valence-electron chi connectivity index (χ4n) is 0.752. The minimum absolute atomic E-state index is 0.513. The Labute approximate surface area is 70.3 Å². The maximum atomic E-state index is 9.51. The van der Waals surface area contributed by atoms with Gasteiger partial charge >= 0.3 is 0 Å². The Balaban J connectivity index is 2.76. The smallest absolute Gasteiger partial charge is 0.143 e. The fraction of sp³-hybridized carbons (Fsp3) is 0.571. The van der Waals surface area contributed by atoms with Crippen LogP contribution < -0.4 is 0 Å². The van der Waals surface area contributed by atoms with Gasteiger partial charge in [-0.1, -0.05) is 0 Å². The van der Waals surface area contributed by atoms with Crippen LogP contribution in [0.1, 0.15) is 16.1 Å². The quantitative estimate of drug-likeness (QED) is 0.676. The SMILES string of the molecule is Cc1ncc(C(O)N(C)C)s1. The summed E-state index contributed by atoms with van der Waals surface area (Å²) in [7, 11) is 3.67. The van der Waals surface area contributed by atoms with Crippen molar-refractivity contribution in [3.8, 4) is 0 Å². The number of aliphatic hydroxyl groups is 1. The Morgan fingerprint density at radius 2 is 2.27 bits per heavy atom. The van der Waals surface area contributed by atoms with Crippen molar-refractivity contribution >= 4 is 11.3 Å². The molecule has 62 valence electrons. The van der Waals surface area contributed by atoms with Crippen LogP contribution in [0, 0.1) is 6.92 Å². The summed E-state index contributed by atoms with van der Waals surface area (Å²) in [6.07, 6.45) is 1.20. The normalized spacial score (nSPS) is 13.9. The topological polar surface area (TPSA) is 36.4 Å². The van der Waals surface area contributed by atoms with Crippen molar-refractivity contribution in [1.29, 1.82) is 0 Å². The van der Waals surface area contributed by atoms with Crippen LogP contribution in [0.2, 0.25) is 0 Å². The number of rotatable bonds is 2. The Bertz CT molecular complexity index is 234. The lowest BCUT2D eigenvalue weighted by molar-refractivity contribution is 0.0425. The molecule has 0 aliphatic carbocycles. The molecule has 1 atom stereocenters. The third kappa shape index (κ3) is 1.99. The second-order valence-electron chi connectivity index (χ2n) is 2.62. The number of nitrogens with zero attached hydrogens (tertiary/aromatic N) is 2. The second-order valence-corrected chi connectivity index (χ2v) is 3.89. The molecule has 0 saturated heterocycles. The molecule has 11 heavy (non-hydrogen) atoms. The van der Waals surface area contributed by atoms with E-state index in [0.29, 0.717) is 0 Å². The van der Waals surface area contributed by atoms with Gasteiger partial charge in [0.05, 0.1) is 9.88 Å². The van der Waals surface area contributed by atoms with Crippen LogP contribution in [0.5, 0.6) is 0 Å². The minimum Gasteiger partial charge on any atom is -0.373 e. The zero-order valence-corrected chi connectivity index (χ0v) is 7.72. The van der Waals surface area contributed by atoms with E-state index in [1.54, 1.807) is 11.1 Å². The molecule has 1 rings (SSSR count). The lowest BCUT2D eigenvalue weighted by Crippen LogP contribution is -2.17. The summed E-state index contributed by atoms with van der Waals surface area (Å²) in [5, 5.41) is 10.5. The lowest BCUT2D eigenvalue weighted by atomic mass is 10.4. The number of thiazole rings is 1. The molecule has 0 bridgehead atoms. The highest BCUT2D eigenvalue weighted by atomic mass is 32.1. The van der Waals surface area contributed by atoms with E-state index in [1.165, 1.54) is 11.3 Å². The molecule has 0 fully saturated rings. The summed E-state index contributed by atoms with van der Waals surface area (Å²) < 4.78 is 0. The zero-order chi connectivity index (χ0) is 8.43. The summed E-state index contributed by atoms with van der Waals surface area (Å²) in [5.74, 6) is 0. The predicted molar refractivity (Wildman–Crippen MR) is 45.5 cm³/mol. The Morgan fingerprint density at radius 3 is 2.64 bits per heavy atom. The van der Waals surface area contributed by atoms with Crippen molar-refractivity contribution in [3.63, 3.8) is 0 Å². The molecule has 0 saturated carbocycles. The van der Waals surface area contributed by atoms with E-state index in [0.717, 1.165) is 9.88 Å². The van der Waals surface area contributed by atoms with Gasteiger partial charge in [-0.3, -0.25) is 4.90 Å². The van der Waals surface area contributed by atoms with Gasteiger partial charge in [-0.15, -0.1) is 11.3 Å². The van der Waals surface area contributed by atoms with E-state index >= 15 is 0 Å². The van der Waals surface area contributed by atoms with Crippen molar-refractivity contribution < 1.29 is 5.11 Å². The fourth-order valence-corrected chi connectivity index (χ4v) is 1.62. The van der Waals surface area contributed by atoms with Crippen LogP contribution in [-0.2, 0) is 0 Å². The number of hydrogen-bond donors (Lipinski definition) is 1. The van der Waals surface area contributed by atoms with E-state index in [4.69, 9.17) is 0 Å². The van der Waals surface area contributed by atoms with Crippen LogP contribution in [0.25, 0.3) is 0 Å². The molecule has 0 amide bonds. The van der Waals surface area contributed by atoms with Gasteiger partial charge in [0.1, 0.15) is 6.23 Å². The van der Waals surface area contributed by atoms with E-state index in [9.17, 15) is 5.11 Å². The summed E-state index contributed by atoms with van der Waals surface area (Å²) >= 11 is 1.52. The van der Waals surface area contributed by atoms with Gasteiger partial charge in [-0.2, -0.15) is 0 Å². The summed E-state index contributed by atoms with van der Waals surface area (Å²) in [4.78, 5) is 6.69. The van der Waals surface area contributed by atoms with Crippen LogP contribution in [0.4, 0.5) is 0 Å². The van der Waals surface area contributed by atoms with Crippen molar-refractivity contribution in [2.45, 2.75) is 13.2 Å². The molecule has 4 heteroatoms. The first-order valence-electron chi connectivity index (χ1n) is 3.38. The van der Waals surface area contributed by atoms with Crippen molar-refractivity contribution in [2.24, 2.45) is 0 Å². The van der Waals surface area contributed by atoms with Gasteiger partial charge < -0.3 is 5.11 Å². The Kier molecular flexibility index (Phi) is 2.59. The Morgan fingerprint density at radius 1 is 1.64 bits per heavy atom. The van der Waals surface area contributed by atoms with Gasteiger partial charge in [-0.25, -0.2) is 4.98 Å². The van der Waals surface area contributed by atoms with Crippen molar-refractivity contribution in [1.82, 2.24) is 9.88 Å². The van der Waals surface area contributed by atoms with E-state index < -0.39 is 6.23 Å². The molecule has 1 unspecified atom stereocenters. The standard InChI is InChI=1S/C7H12N2OS/c1-5-8-4-6(11-5)7(10)9(2)3/h4,7,10H,1-3H3. The molecule has 1 N–H and O–H groups in total. The van der Waals surface area contributed by atoms with Crippen LogP contribution in [0.3, 0.4) is 0 Å². The molecule has 1 aromatic rings. The van der Waals surface area contributed by atoms with Crippen LogP contribution in [-0.4, -0.2) is 29.1 Å². The van der Waals surface area contributed by atoms with Crippen molar-refractivity contribution in [3.05, 3.63) is 16.1 Å². The maximum absolute atomic E-state index is 9.51. The van der Waals surface area contributed by atoms with E-state index in [2.05, 4.69) is 4.98 Å². The largest absolute Gasteiger partial charge is 0.373 e. The molecule has 3 nitrogen and oxygen atoms in total. The average Bonchev–Trinajstić information content (AvgIpc) is 2.34. The molecule has 1 aromatic heterocycles. The van der Waals surface area contributed by atoms with Gasteiger partial charge in [-0.05, 0) is 21.0 Å². The first-order valence-corrected chi connectivity index (χ1v) is 4.19. The minimum atomic E-state index is -0.513. The highest BCUT2D eigenvalue weighted by molar-refractivity contribution is 7.11. The lowest BCUT2D eigenvalue weighted by Gasteiger charge is -2.15. The average molecular weight is 172 g/mol. The van der Waals surface area contributed by atoms with E-state index in [1.807, 2.05) is 21.0 Å². The molecule has 0 radical (unpaired) electrons. The number of aromatic nitrogens is 1. The zero-order valence-electron chi connectivity index (χ0n) is 6.90. The number of aliphatic hydroxyl groups excluding tert-OH is 1. The third-order valence-corrected chi connectivity index (χ3v) is 2.34. The molecule has 0 aromatic carbocycles. The molecule has 0 aliphatic heterocycles. The second kappa shape index (κ2) is 3.30. The van der Waals surface area contributed by atoms with Crippen molar-refractivity contribution in [2.75, 3.05) is 14.1 Å². The maximum Gasteiger partial charge on any atom is 0.143 e. The number of aryl methyl sites for hydroxylation is 1. The highest BCUT2D eigenvalue weighted by Crippen LogP contribution is 2.20. The summed E-state index contributed by atoms with van der Waals surface area (Å²) in [6.45, 7) is 1.93. The van der Waals surface area contributed by atoms with Gasteiger partial charge in [0, 0.05) is 6.20 Å².